The predicted molar refractivity (Wildman–Crippen MR) is 85.7 cm³/mol. The molecule has 1 saturated carbocycles. The molecule has 118 valence electrons. The Morgan fingerprint density at radius 3 is 2.91 bits per heavy atom. The Morgan fingerprint density at radius 1 is 1.36 bits per heavy atom. The van der Waals surface area contributed by atoms with Gasteiger partial charge in [0.2, 0.25) is 11.8 Å². The third-order valence-electron chi connectivity index (χ3n) is 4.51. The average molecular weight is 321 g/mol. The van der Waals surface area contributed by atoms with Crippen LogP contribution in [0.2, 0.25) is 5.02 Å². The highest BCUT2D eigenvalue weighted by Crippen LogP contribution is 2.49. The molecule has 5 heteroatoms. The normalized spacial score (nSPS) is 23.7. The van der Waals surface area contributed by atoms with Crippen LogP contribution in [0.15, 0.2) is 24.3 Å². The molecule has 2 atom stereocenters. The molecular formula is C17H21ClN2O2. The summed E-state index contributed by atoms with van der Waals surface area (Å²) in [5.74, 6) is 0.659. The van der Waals surface area contributed by atoms with Crippen LogP contribution in [0.1, 0.15) is 37.2 Å². The lowest BCUT2D eigenvalue weighted by atomic mass is 10.1. The second kappa shape index (κ2) is 6.69. The third kappa shape index (κ3) is 3.43. The summed E-state index contributed by atoms with van der Waals surface area (Å²) in [6, 6.07) is 7.74. The highest BCUT2D eigenvalue weighted by Gasteiger charge is 2.44. The fourth-order valence-electron chi connectivity index (χ4n) is 3.16. The number of amides is 2. The Balaban J connectivity index is 1.39. The van der Waals surface area contributed by atoms with Crippen molar-refractivity contribution < 1.29 is 9.59 Å². The van der Waals surface area contributed by atoms with Crippen molar-refractivity contribution >= 4 is 23.4 Å². The van der Waals surface area contributed by atoms with E-state index in [1.165, 1.54) is 0 Å². The number of rotatable bonds is 6. The average Bonchev–Trinajstić information content (AvgIpc) is 3.20. The van der Waals surface area contributed by atoms with Gasteiger partial charge in [-0.05, 0) is 36.8 Å². The summed E-state index contributed by atoms with van der Waals surface area (Å²) in [4.78, 5) is 25.5. The van der Waals surface area contributed by atoms with Crippen molar-refractivity contribution in [3.8, 4) is 0 Å². The Morgan fingerprint density at radius 2 is 2.18 bits per heavy atom. The molecule has 2 amide bonds. The Labute approximate surface area is 135 Å². The minimum atomic E-state index is 0.0494. The standard InChI is InChI=1S/C17H21ClN2O2/c18-15-6-2-1-5-12(15)13-11-14(13)17(22)19-8-4-10-20-9-3-7-16(20)21/h1-2,5-6,13-14H,3-4,7-11H2,(H,19,22). The van der Waals surface area contributed by atoms with E-state index in [1.54, 1.807) is 0 Å². The Kier molecular flexibility index (Phi) is 4.67. The lowest BCUT2D eigenvalue weighted by Crippen LogP contribution is -2.31. The highest BCUT2D eigenvalue weighted by atomic mass is 35.5. The number of hydrogen-bond acceptors (Lipinski definition) is 2. The molecule has 1 saturated heterocycles. The zero-order chi connectivity index (χ0) is 15.5. The number of carbonyl (C=O) groups is 2. The minimum absolute atomic E-state index is 0.0494. The van der Waals surface area contributed by atoms with Crippen molar-refractivity contribution in [2.24, 2.45) is 5.92 Å². The number of nitrogens with one attached hydrogen (secondary N) is 1. The van der Waals surface area contributed by atoms with E-state index in [1.807, 2.05) is 29.2 Å². The van der Waals surface area contributed by atoms with Gasteiger partial charge >= 0.3 is 0 Å². The maximum Gasteiger partial charge on any atom is 0.223 e. The van der Waals surface area contributed by atoms with Gasteiger partial charge in [0.05, 0.1) is 0 Å². The number of halogens is 1. The molecule has 1 heterocycles. The molecule has 2 unspecified atom stereocenters. The lowest BCUT2D eigenvalue weighted by Gasteiger charge is -2.15. The van der Waals surface area contributed by atoms with Crippen LogP contribution in [0.25, 0.3) is 0 Å². The van der Waals surface area contributed by atoms with Crippen molar-refractivity contribution in [2.45, 2.75) is 31.6 Å². The van der Waals surface area contributed by atoms with Gasteiger partial charge in [0, 0.05) is 37.0 Å². The van der Waals surface area contributed by atoms with Gasteiger partial charge < -0.3 is 10.2 Å². The van der Waals surface area contributed by atoms with E-state index in [0.29, 0.717) is 13.0 Å². The van der Waals surface area contributed by atoms with Crippen molar-refractivity contribution in [3.05, 3.63) is 34.9 Å². The molecule has 0 aromatic heterocycles. The number of benzene rings is 1. The van der Waals surface area contributed by atoms with E-state index in [9.17, 15) is 9.59 Å². The van der Waals surface area contributed by atoms with Crippen LogP contribution in [0.5, 0.6) is 0 Å². The van der Waals surface area contributed by atoms with E-state index >= 15 is 0 Å². The first-order chi connectivity index (χ1) is 10.7. The van der Waals surface area contributed by atoms with Gasteiger partial charge in [0.25, 0.3) is 0 Å². The summed E-state index contributed by atoms with van der Waals surface area (Å²) in [5, 5.41) is 3.73. The molecule has 1 aliphatic heterocycles. The number of likely N-dealkylation sites (tertiary alicyclic amines) is 1. The van der Waals surface area contributed by atoms with Crippen LogP contribution in [0.3, 0.4) is 0 Å². The smallest absolute Gasteiger partial charge is 0.223 e. The van der Waals surface area contributed by atoms with Crippen molar-refractivity contribution in [3.63, 3.8) is 0 Å². The zero-order valence-corrected chi connectivity index (χ0v) is 13.3. The van der Waals surface area contributed by atoms with Crippen molar-refractivity contribution in [2.75, 3.05) is 19.6 Å². The molecular weight excluding hydrogens is 300 g/mol. The fraction of sp³-hybridized carbons (Fsp3) is 0.529. The first-order valence-corrected chi connectivity index (χ1v) is 8.34. The quantitative estimate of drug-likeness (QED) is 0.819. The molecule has 2 aliphatic rings. The topological polar surface area (TPSA) is 49.4 Å². The first-order valence-electron chi connectivity index (χ1n) is 7.96. The van der Waals surface area contributed by atoms with Crippen LogP contribution in [0.4, 0.5) is 0 Å². The third-order valence-corrected chi connectivity index (χ3v) is 4.85. The summed E-state index contributed by atoms with van der Waals surface area (Å²) in [6.45, 7) is 2.25. The number of carbonyl (C=O) groups excluding carboxylic acids is 2. The van der Waals surface area contributed by atoms with Crippen molar-refractivity contribution in [1.82, 2.24) is 10.2 Å². The maximum absolute atomic E-state index is 12.1. The van der Waals surface area contributed by atoms with Gasteiger partial charge in [-0.15, -0.1) is 0 Å². The molecule has 0 spiro atoms. The second-order valence-corrected chi connectivity index (χ2v) is 6.51. The molecule has 0 bridgehead atoms. The van der Waals surface area contributed by atoms with Crippen LogP contribution < -0.4 is 5.32 Å². The predicted octanol–water partition coefficient (Wildman–Crippen LogP) is 2.57. The Hall–Kier alpha value is -1.55. The van der Waals surface area contributed by atoms with Crippen LogP contribution >= 0.6 is 11.6 Å². The van der Waals surface area contributed by atoms with Crippen LogP contribution in [0, 0.1) is 5.92 Å². The molecule has 1 aliphatic carbocycles. The molecule has 4 nitrogen and oxygen atoms in total. The van der Waals surface area contributed by atoms with E-state index in [0.717, 1.165) is 42.9 Å². The van der Waals surface area contributed by atoms with E-state index < -0.39 is 0 Å². The number of hydrogen-bond donors (Lipinski definition) is 1. The number of nitrogens with zero attached hydrogens (tertiary/aromatic N) is 1. The molecule has 2 fully saturated rings. The fourth-order valence-corrected chi connectivity index (χ4v) is 3.43. The maximum atomic E-state index is 12.1. The van der Waals surface area contributed by atoms with Gasteiger partial charge in [-0.2, -0.15) is 0 Å². The molecule has 22 heavy (non-hydrogen) atoms. The molecule has 0 radical (unpaired) electrons. The zero-order valence-electron chi connectivity index (χ0n) is 12.6. The van der Waals surface area contributed by atoms with Crippen LogP contribution in [-0.4, -0.2) is 36.3 Å². The van der Waals surface area contributed by atoms with Gasteiger partial charge in [-0.1, -0.05) is 29.8 Å². The Bertz CT molecular complexity index is 576. The molecule has 1 N–H and O–H groups in total. The van der Waals surface area contributed by atoms with E-state index in [2.05, 4.69) is 5.32 Å². The van der Waals surface area contributed by atoms with Gasteiger partial charge in [-0.25, -0.2) is 0 Å². The minimum Gasteiger partial charge on any atom is -0.356 e. The summed E-state index contributed by atoms with van der Waals surface area (Å²) in [5.41, 5.74) is 1.08. The van der Waals surface area contributed by atoms with Crippen LogP contribution in [-0.2, 0) is 9.59 Å². The van der Waals surface area contributed by atoms with Gasteiger partial charge in [0.15, 0.2) is 0 Å². The molecule has 1 aromatic carbocycles. The van der Waals surface area contributed by atoms with E-state index in [-0.39, 0.29) is 23.7 Å². The summed E-state index contributed by atoms with van der Waals surface area (Å²) in [6.07, 6.45) is 3.34. The SMILES string of the molecule is O=C(NCCCN1CCCC1=O)C1CC1c1ccccc1Cl. The monoisotopic (exact) mass is 320 g/mol. The second-order valence-electron chi connectivity index (χ2n) is 6.10. The molecule has 1 aromatic rings. The highest BCUT2D eigenvalue weighted by molar-refractivity contribution is 6.31. The van der Waals surface area contributed by atoms with Gasteiger partial charge in [0.1, 0.15) is 0 Å². The van der Waals surface area contributed by atoms with Crippen molar-refractivity contribution in [1.29, 1.82) is 0 Å². The summed E-state index contributed by atoms with van der Waals surface area (Å²) < 4.78 is 0. The molecule has 3 rings (SSSR count). The lowest BCUT2D eigenvalue weighted by molar-refractivity contribution is -0.127. The first kappa shape index (κ1) is 15.3. The van der Waals surface area contributed by atoms with Gasteiger partial charge in [-0.3, -0.25) is 9.59 Å². The summed E-state index contributed by atoms with van der Waals surface area (Å²) in [7, 11) is 0. The summed E-state index contributed by atoms with van der Waals surface area (Å²) >= 11 is 6.17. The largest absolute Gasteiger partial charge is 0.356 e. The van der Waals surface area contributed by atoms with E-state index in [4.69, 9.17) is 11.6 Å².